The number of halogens is 1. The molecule has 22 heavy (non-hydrogen) atoms. The van der Waals surface area contributed by atoms with Crippen LogP contribution >= 0.6 is 23.8 Å². The standard InChI is InChI=1S/C16H16ClN3OS/c1-20(2)15(21)11-3-7-13(8-4-11)18-16(22)19-14-9-5-12(17)6-10-14/h3-10H,1-2H3,(H2,18,19,22). The van der Waals surface area contributed by atoms with Gasteiger partial charge in [-0.25, -0.2) is 0 Å². The summed E-state index contributed by atoms with van der Waals surface area (Å²) in [5, 5.41) is 7.26. The molecule has 0 aliphatic heterocycles. The largest absolute Gasteiger partial charge is 0.345 e. The third-order valence-electron chi connectivity index (χ3n) is 2.90. The average molecular weight is 334 g/mol. The molecular weight excluding hydrogens is 318 g/mol. The van der Waals surface area contributed by atoms with Gasteiger partial charge in [-0.05, 0) is 60.7 Å². The van der Waals surface area contributed by atoms with Gasteiger partial charge in [-0.1, -0.05) is 11.6 Å². The number of carbonyl (C=O) groups is 1. The number of hydrogen-bond donors (Lipinski definition) is 2. The first-order valence-electron chi connectivity index (χ1n) is 6.61. The molecule has 0 aliphatic carbocycles. The van der Waals surface area contributed by atoms with Crippen molar-refractivity contribution < 1.29 is 4.79 Å². The average Bonchev–Trinajstić information content (AvgIpc) is 2.49. The normalized spacial score (nSPS) is 9.95. The Labute approximate surface area is 140 Å². The zero-order valence-electron chi connectivity index (χ0n) is 12.3. The summed E-state index contributed by atoms with van der Waals surface area (Å²) < 4.78 is 0. The Balaban J connectivity index is 1.97. The molecule has 2 N–H and O–H groups in total. The number of carbonyl (C=O) groups excluding carboxylic acids is 1. The van der Waals surface area contributed by atoms with Gasteiger partial charge in [0.1, 0.15) is 0 Å². The second-order valence-corrected chi connectivity index (χ2v) is 5.71. The number of anilines is 2. The van der Waals surface area contributed by atoms with Crippen LogP contribution in [-0.4, -0.2) is 30.0 Å². The molecular formula is C16H16ClN3OS. The van der Waals surface area contributed by atoms with Gasteiger partial charge >= 0.3 is 0 Å². The first-order chi connectivity index (χ1) is 10.5. The van der Waals surface area contributed by atoms with E-state index in [1.54, 1.807) is 38.4 Å². The Bertz CT molecular complexity index is 669. The minimum atomic E-state index is -0.0339. The highest BCUT2D eigenvalue weighted by molar-refractivity contribution is 7.80. The van der Waals surface area contributed by atoms with Gasteiger partial charge in [0.25, 0.3) is 5.91 Å². The first kappa shape index (κ1) is 16.3. The van der Waals surface area contributed by atoms with Gasteiger partial charge in [0.15, 0.2) is 5.11 Å². The fraction of sp³-hybridized carbons (Fsp3) is 0.125. The lowest BCUT2D eigenvalue weighted by molar-refractivity contribution is 0.0827. The summed E-state index contributed by atoms with van der Waals surface area (Å²) in [4.78, 5) is 13.3. The van der Waals surface area contributed by atoms with Crippen LogP contribution in [0.25, 0.3) is 0 Å². The lowest BCUT2D eigenvalue weighted by Crippen LogP contribution is -2.22. The topological polar surface area (TPSA) is 44.4 Å². The van der Waals surface area contributed by atoms with E-state index in [4.69, 9.17) is 23.8 Å². The number of thiocarbonyl (C=S) groups is 1. The molecule has 0 radical (unpaired) electrons. The second kappa shape index (κ2) is 7.24. The molecule has 0 saturated carbocycles. The highest BCUT2D eigenvalue weighted by Gasteiger charge is 2.07. The molecule has 6 heteroatoms. The second-order valence-electron chi connectivity index (χ2n) is 4.86. The predicted molar refractivity (Wildman–Crippen MR) is 95.8 cm³/mol. The smallest absolute Gasteiger partial charge is 0.253 e. The summed E-state index contributed by atoms with van der Waals surface area (Å²) in [6.07, 6.45) is 0. The van der Waals surface area contributed by atoms with E-state index >= 15 is 0 Å². The maximum absolute atomic E-state index is 11.8. The van der Waals surface area contributed by atoms with Crippen molar-refractivity contribution in [1.82, 2.24) is 4.90 Å². The Morgan fingerprint density at radius 3 is 1.86 bits per heavy atom. The van der Waals surface area contributed by atoms with Crippen LogP contribution in [0.15, 0.2) is 48.5 Å². The molecule has 0 fully saturated rings. The maximum Gasteiger partial charge on any atom is 0.253 e. The Morgan fingerprint density at radius 1 is 0.955 bits per heavy atom. The van der Waals surface area contributed by atoms with Crippen molar-refractivity contribution >= 4 is 46.2 Å². The van der Waals surface area contributed by atoms with Gasteiger partial charge in [-0.3, -0.25) is 4.79 Å². The fourth-order valence-corrected chi connectivity index (χ4v) is 2.14. The molecule has 0 saturated heterocycles. The van der Waals surface area contributed by atoms with Crippen molar-refractivity contribution in [3.05, 3.63) is 59.1 Å². The van der Waals surface area contributed by atoms with E-state index in [2.05, 4.69) is 10.6 Å². The van der Waals surface area contributed by atoms with E-state index in [9.17, 15) is 4.79 Å². The van der Waals surface area contributed by atoms with Gasteiger partial charge in [-0.2, -0.15) is 0 Å². The van der Waals surface area contributed by atoms with E-state index in [1.807, 2.05) is 24.3 Å². The zero-order chi connectivity index (χ0) is 16.1. The van der Waals surface area contributed by atoms with Gasteiger partial charge in [0, 0.05) is 36.1 Å². The van der Waals surface area contributed by atoms with Crippen molar-refractivity contribution in [2.45, 2.75) is 0 Å². The molecule has 0 bridgehead atoms. The van der Waals surface area contributed by atoms with Crippen LogP contribution in [0, 0.1) is 0 Å². The quantitative estimate of drug-likeness (QED) is 0.837. The number of nitrogens with zero attached hydrogens (tertiary/aromatic N) is 1. The van der Waals surface area contributed by atoms with E-state index in [0.29, 0.717) is 15.7 Å². The van der Waals surface area contributed by atoms with Crippen LogP contribution in [0.4, 0.5) is 11.4 Å². The molecule has 4 nitrogen and oxygen atoms in total. The number of rotatable bonds is 3. The van der Waals surface area contributed by atoms with Crippen LogP contribution in [0.1, 0.15) is 10.4 Å². The minimum Gasteiger partial charge on any atom is -0.345 e. The van der Waals surface area contributed by atoms with Gasteiger partial charge < -0.3 is 15.5 Å². The molecule has 1 amide bonds. The zero-order valence-corrected chi connectivity index (χ0v) is 13.8. The van der Waals surface area contributed by atoms with Crippen molar-refractivity contribution in [3.8, 4) is 0 Å². The van der Waals surface area contributed by atoms with Crippen LogP contribution in [0.5, 0.6) is 0 Å². The molecule has 0 spiro atoms. The number of benzene rings is 2. The Morgan fingerprint density at radius 2 is 1.41 bits per heavy atom. The molecule has 0 atom stereocenters. The molecule has 2 aromatic carbocycles. The summed E-state index contributed by atoms with van der Waals surface area (Å²) in [6, 6.07) is 14.4. The van der Waals surface area contributed by atoms with Crippen molar-refractivity contribution in [2.75, 3.05) is 24.7 Å². The lowest BCUT2D eigenvalue weighted by Gasteiger charge is -2.12. The van der Waals surface area contributed by atoms with Crippen LogP contribution in [0.2, 0.25) is 5.02 Å². The first-order valence-corrected chi connectivity index (χ1v) is 7.39. The maximum atomic E-state index is 11.8. The van der Waals surface area contributed by atoms with Crippen molar-refractivity contribution in [2.24, 2.45) is 0 Å². The van der Waals surface area contributed by atoms with Crippen LogP contribution in [-0.2, 0) is 0 Å². The highest BCUT2D eigenvalue weighted by Crippen LogP contribution is 2.15. The minimum absolute atomic E-state index is 0.0339. The van der Waals surface area contributed by atoms with Gasteiger partial charge in [0.2, 0.25) is 0 Å². The van der Waals surface area contributed by atoms with E-state index in [0.717, 1.165) is 11.4 Å². The third kappa shape index (κ3) is 4.44. The Kier molecular flexibility index (Phi) is 5.35. The SMILES string of the molecule is CN(C)C(=O)c1ccc(NC(=S)Nc2ccc(Cl)cc2)cc1. The van der Waals surface area contributed by atoms with E-state index < -0.39 is 0 Å². The van der Waals surface area contributed by atoms with Crippen LogP contribution in [0.3, 0.4) is 0 Å². The fourth-order valence-electron chi connectivity index (χ4n) is 1.78. The summed E-state index contributed by atoms with van der Waals surface area (Å²) in [5.74, 6) is -0.0339. The summed E-state index contributed by atoms with van der Waals surface area (Å²) in [6.45, 7) is 0. The highest BCUT2D eigenvalue weighted by atomic mass is 35.5. The van der Waals surface area contributed by atoms with Gasteiger partial charge in [0.05, 0.1) is 0 Å². The predicted octanol–water partition coefficient (Wildman–Crippen LogP) is 3.85. The number of amides is 1. The number of nitrogens with one attached hydrogen (secondary N) is 2. The summed E-state index contributed by atoms with van der Waals surface area (Å²) in [7, 11) is 3.44. The summed E-state index contributed by atoms with van der Waals surface area (Å²) in [5.41, 5.74) is 2.29. The van der Waals surface area contributed by atoms with Crippen LogP contribution < -0.4 is 10.6 Å². The molecule has 0 unspecified atom stereocenters. The molecule has 0 aliphatic rings. The van der Waals surface area contributed by atoms with E-state index in [1.165, 1.54) is 4.90 Å². The lowest BCUT2D eigenvalue weighted by atomic mass is 10.2. The van der Waals surface area contributed by atoms with Crippen molar-refractivity contribution in [1.29, 1.82) is 0 Å². The van der Waals surface area contributed by atoms with Gasteiger partial charge in [-0.15, -0.1) is 0 Å². The van der Waals surface area contributed by atoms with Crippen molar-refractivity contribution in [3.63, 3.8) is 0 Å². The molecule has 114 valence electrons. The molecule has 2 aromatic rings. The molecule has 0 heterocycles. The summed E-state index contributed by atoms with van der Waals surface area (Å²) >= 11 is 11.1. The van der Waals surface area contributed by atoms with E-state index in [-0.39, 0.29) is 5.91 Å². The Hall–Kier alpha value is -2.11. The third-order valence-corrected chi connectivity index (χ3v) is 3.35. The monoisotopic (exact) mass is 333 g/mol. The molecule has 2 rings (SSSR count). The number of hydrogen-bond acceptors (Lipinski definition) is 2. The molecule has 0 aromatic heterocycles.